The normalized spacial score (nSPS) is 10.9. The molecule has 2 aromatic rings. The molecule has 114 valence electrons. The number of carbonyl (C=O) groups is 1. The number of para-hydroxylation sites is 1. The van der Waals surface area contributed by atoms with Gasteiger partial charge in [0.05, 0.1) is 7.11 Å². The van der Waals surface area contributed by atoms with E-state index in [9.17, 15) is 4.79 Å². The SMILES string of the molecule is COC(=O)/C=C(\C)COc1ccc(Oc2ccccc2)cc1. The van der Waals surface area contributed by atoms with Crippen LogP contribution < -0.4 is 9.47 Å². The predicted molar refractivity (Wildman–Crippen MR) is 84.2 cm³/mol. The van der Waals surface area contributed by atoms with Crippen molar-refractivity contribution in [3.05, 3.63) is 66.2 Å². The maximum Gasteiger partial charge on any atom is 0.330 e. The molecule has 0 aliphatic rings. The third kappa shape index (κ3) is 4.98. The highest BCUT2D eigenvalue weighted by Crippen LogP contribution is 2.23. The van der Waals surface area contributed by atoms with E-state index < -0.39 is 0 Å². The average Bonchev–Trinajstić information content (AvgIpc) is 2.55. The summed E-state index contributed by atoms with van der Waals surface area (Å²) in [5.41, 5.74) is 0.788. The van der Waals surface area contributed by atoms with Crippen molar-refractivity contribution < 1.29 is 19.0 Å². The van der Waals surface area contributed by atoms with Crippen LogP contribution in [0, 0.1) is 0 Å². The lowest BCUT2D eigenvalue weighted by molar-refractivity contribution is -0.134. The van der Waals surface area contributed by atoms with Gasteiger partial charge in [-0.3, -0.25) is 0 Å². The minimum absolute atomic E-state index is 0.327. The Morgan fingerprint density at radius 1 is 0.955 bits per heavy atom. The summed E-state index contributed by atoms with van der Waals surface area (Å²) in [7, 11) is 1.35. The summed E-state index contributed by atoms with van der Waals surface area (Å²) in [5.74, 6) is 1.85. The second-order valence-electron chi connectivity index (χ2n) is 4.69. The van der Waals surface area contributed by atoms with Crippen LogP contribution in [0.1, 0.15) is 6.92 Å². The van der Waals surface area contributed by atoms with Crippen LogP contribution in [0.15, 0.2) is 66.2 Å². The molecule has 4 nitrogen and oxygen atoms in total. The monoisotopic (exact) mass is 298 g/mol. The molecule has 0 amide bonds. The number of ether oxygens (including phenoxy) is 3. The van der Waals surface area contributed by atoms with E-state index in [-0.39, 0.29) is 5.97 Å². The summed E-state index contributed by atoms with van der Waals surface area (Å²) in [6, 6.07) is 16.9. The minimum Gasteiger partial charge on any atom is -0.489 e. The molecule has 0 saturated carbocycles. The average molecular weight is 298 g/mol. The Morgan fingerprint density at radius 2 is 1.55 bits per heavy atom. The zero-order valence-electron chi connectivity index (χ0n) is 12.6. The van der Waals surface area contributed by atoms with Crippen LogP contribution in [0.4, 0.5) is 0 Å². The molecule has 0 bridgehead atoms. The molecule has 0 aliphatic carbocycles. The van der Waals surface area contributed by atoms with Gasteiger partial charge >= 0.3 is 5.97 Å². The summed E-state index contributed by atoms with van der Waals surface area (Å²) in [5, 5.41) is 0. The van der Waals surface area contributed by atoms with Gasteiger partial charge in [0.2, 0.25) is 0 Å². The van der Waals surface area contributed by atoms with Crippen LogP contribution in [0.2, 0.25) is 0 Å². The van der Waals surface area contributed by atoms with Crippen LogP contribution in [0.5, 0.6) is 17.2 Å². The standard InChI is InChI=1S/C18H18O4/c1-14(12-18(19)20-2)13-21-15-8-10-17(11-9-15)22-16-6-4-3-5-7-16/h3-12H,13H2,1-2H3/b14-12+. The summed E-state index contributed by atoms with van der Waals surface area (Å²) in [6.07, 6.45) is 1.41. The highest BCUT2D eigenvalue weighted by Gasteiger charge is 2.00. The van der Waals surface area contributed by atoms with Gasteiger partial charge in [0.15, 0.2) is 0 Å². The molecular formula is C18H18O4. The van der Waals surface area contributed by atoms with E-state index in [4.69, 9.17) is 9.47 Å². The van der Waals surface area contributed by atoms with Gasteiger partial charge in [-0.05, 0) is 48.9 Å². The van der Waals surface area contributed by atoms with Gasteiger partial charge in [-0.25, -0.2) is 4.79 Å². The van der Waals surface area contributed by atoms with Crippen LogP contribution in [0.25, 0.3) is 0 Å². The molecular weight excluding hydrogens is 280 g/mol. The predicted octanol–water partition coefficient (Wildman–Crippen LogP) is 3.98. The molecule has 0 aliphatic heterocycles. The van der Waals surface area contributed by atoms with Crippen LogP contribution in [-0.2, 0) is 9.53 Å². The minimum atomic E-state index is -0.382. The molecule has 0 N–H and O–H groups in total. The molecule has 2 aromatic carbocycles. The van der Waals surface area contributed by atoms with E-state index in [2.05, 4.69) is 4.74 Å². The third-order valence-electron chi connectivity index (χ3n) is 2.83. The number of benzene rings is 2. The molecule has 0 radical (unpaired) electrons. The fraction of sp³-hybridized carbons (Fsp3) is 0.167. The molecule has 0 heterocycles. The van der Waals surface area contributed by atoms with E-state index in [1.807, 2.05) is 61.5 Å². The molecule has 0 unspecified atom stereocenters. The van der Waals surface area contributed by atoms with Gasteiger partial charge in [0, 0.05) is 6.08 Å². The van der Waals surface area contributed by atoms with Crippen LogP contribution in [-0.4, -0.2) is 19.7 Å². The molecule has 0 fully saturated rings. The topological polar surface area (TPSA) is 44.8 Å². The lowest BCUT2D eigenvalue weighted by Crippen LogP contribution is -2.02. The Bertz CT molecular complexity index is 630. The lowest BCUT2D eigenvalue weighted by Gasteiger charge is -2.08. The molecule has 0 atom stereocenters. The molecule has 0 aromatic heterocycles. The zero-order chi connectivity index (χ0) is 15.8. The van der Waals surface area contributed by atoms with Crippen molar-refractivity contribution in [1.29, 1.82) is 0 Å². The second kappa shape index (κ2) is 7.88. The molecule has 0 saturated heterocycles. The highest BCUT2D eigenvalue weighted by atomic mass is 16.5. The summed E-state index contributed by atoms with van der Waals surface area (Å²) in [6.45, 7) is 2.14. The van der Waals surface area contributed by atoms with E-state index >= 15 is 0 Å². The molecule has 0 spiro atoms. The molecule has 4 heteroatoms. The van der Waals surface area contributed by atoms with E-state index in [0.29, 0.717) is 12.4 Å². The van der Waals surface area contributed by atoms with Crippen molar-refractivity contribution in [1.82, 2.24) is 0 Å². The number of carbonyl (C=O) groups excluding carboxylic acids is 1. The first-order valence-electron chi connectivity index (χ1n) is 6.88. The number of hydrogen-bond acceptors (Lipinski definition) is 4. The number of hydrogen-bond donors (Lipinski definition) is 0. The second-order valence-corrected chi connectivity index (χ2v) is 4.69. The van der Waals surface area contributed by atoms with Gasteiger partial charge in [-0.1, -0.05) is 18.2 Å². The largest absolute Gasteiger partial charge is 0.489 e. The van der Waals surface area contributed by atoms with Gasteiger partial charge in [0.25, 0.3) is 0 Å². The van der Waals surface area contributed by atoms with E-state index in [1.165, 1.54) is 13.2 Å². The molecule has 2 rings (SSSR count). The Kier molecular flexibility index (Phi) is 5.60. The van der Waals surface area contributed by atoms with Crippen molar-refractivity contribution in [2.24, 2.45) is 0 Å². The lowest BCUT2D eigenvalue weighted by atomic mass is 10.3. The van der Waals surface area contributed by atoms with Gasteiger partial charge in [0.1, 0.15) is 23.9 Å². The smallest absolute Gasteiger partial charge is 0.330 e. The fourth-order valence-electron chi connectivity index (χ4n) is 1.73. The first kappa shape index (κ1) is 15.6. The zero-order valence-corrected chi connectivity index (χ0v) is 12.6. The summed E-state index contributed by atoms with van der Waals surface area (Å²) >= 11 is 0. The number of rotatable bonds is 6. The number of esters is 1. The van der Waals surface area contributed by atoms with Crippen molar-refractivity contribution in [2.45, 2.75) is 6.92 Å². The first-order chi connectivity index (χ1) is 10.7. The van der Waals surface area contributed by atoms with Gasteiger partial charge in [-0.15, -0.1) is 0 Å². The Labute approximate surface area is 129 Å². The summed E-state index contributed by atoms with van der Waals surface area (Å²) in [4.78, 5) is 11.1. The van der Waals surface area contributed by atoms with E-state index in [0.717, 1.165) is 17.1 Å². The fourth-order valence-corrected chi connectivity index (χ4v) is 1.73. The number of methoxy groups -OCH3 is 1. The maximum atomic E-state index is 11.1. The first-order valence-corrected chi connectivity index (χ1v) is 6.88. The van der Waals surface area contributed by atoms with Crippen LogP contribution in [0.3, 0.4) is 0 Å². The van der Waals surface area contributed by atoms with Crippen molar-refractivity contribution in [3.63, 3.8) is 0 Å². The van der Waals surface area contributed by atoms with Crippen molar-refractivity contribution in [3.8, 4) is 17.2 Å². The quantitative estimate of drug-likeness (QED) is 0.598. The Morgan fingerprint density at radius 3 is 2.18 bits per heavy atom. The third-order valence-corrected chi connectivity index (χ3v) is 2.83. The van der Waals surface area contributed by atoms with Crippen LogP contribution >= 0.6 is 0 Å². The maximum absolute atomic E-state index is 11.1. The Balaban J connectivity index is 1.89. The van der Waals surface area contributed by atoms with Crippen molar-refractivity contribution in [2.75, 3.05) is 13.7 Å². The van der Waals surface area contributed by atoms with E-state index in [1.54, 1.807) is 0 Å². The van der Waals surface area contributed by atoms with Crippen molar-refractivity contribution >= 4 is 5.97 Å². The molecule has 22 heavy (non-hydrogen) atoms. The Hall–Kier alpha value is -2.75. The van der Waals surface area contributed by atoms with Gasteiger partial charge in [-0.2, -0.15) is 0 Å². The summed E-state index contributed by atoms with van der Waals surface area (Å²) < 4.78 is 15.8. The van der Waals surface area contributed by atoms with Gasteiger partial charge < -0.3 is 14.2 Å². The highest BCUT2D eigenvalue weighted by molar-refractivity contribution is 5.82.